The molecule has 4 N–H and O–H groups in total. The van der Waals surface area contributed by atoms with Gasteiger partial charge in [-0.15, -0.1) is 0 Å². The van der Waals surface area contributed by atoms with Crippen molar-refractivity contribution in [1.82, 2.24) is 19.8 Å². The molecule has 2 unspecified atom stereocenters. The Labute approximate surface area is 175 Å². The van der Waals surface area contributed by atoms with E-state index in [0.717, 1.165) is 11.3 Å². The molecule has 0 bridgehead atoms. The highest BCUT2D eigenvalue weighted by molar-refractivity contribution is 5.98. The Morgan fingerprint density at radius 1 is 1.33 bits per heavy atom. The summed E-state index contributed by atoms with van der Waals surface area (Å²) in [6, 6.07) is 6.14. The van der Waals surface area contributed by atoms with Crippen LogP contribution in [0.1, 0.15) is 35.2 Å². The smallest absolute Gasteiger partial charge is 0.330 e. The summed E-state index contributed by atoms with van der Waals surface area (Å²) in [6.45, 7) is 1.95. The first-order chi connectivity index (χ1) is 14.1. The van der Waals surface area contributed by atoms with E-state index >= 15 is 0 Å². The van der Waals surface area contributed by atoms with Crippen molar-refractivity contribution in [2.45, 2.75) is 44.2 Å². The third-order valence-electron chi connectivity index (χ3n) is 5.83. The number of amides is 1. The number of nitrogens with zero attached hydrogens (tertiary/aromatic N) is 3. The molecule has 1 amide bonds. The maximum absolute atomic E-state index is 14.6. The standard InChI is InChI=1S/C21H28F2N6O/c1-13-7-5-8-14(11-13)27-19-15(18(24)30)12-26-20(28-19)29(3,4)16-9-6-10-21(22,23)17(16)25-2/h5,7-8,11-12,16-17,25H,6,9-10H2,1-4H3,(H2-,24,26,27,28,30)/p+1. The molecule has 0 aliphatic heterocycles. The summed E-state index contributed by atoms with van der Waals surface area (Å²) in [6.07, 6.45) is 2.25. The Morgan fingerprint density at radius 3 is 2.70 bits per heavy atom. The molecule has 30 heavy (non-hydrogen) atoms. The number of carbonyl (C=O) groups excluding carboxylic acids is 1. The van der Waals surface area contributed by atoms with Gasteiger partial charge in [-0.1, -0.05) is 12.1 Å². The monoisotopic (exact) mass is 419 g/mol. The number of rotatable bonds is 6. The van der Waals surface area contributed by atoms with Crippen LogP contribution in [0.5, 0.6) is 0 Å². The van der Waals surface area contributed by atoms with E-state index < -0.39 is 23.9 Å². The molecule has 9 heteroatoms. The van der Waals surface area contributed by atoms with E-state index in [4.69, 9.17) is 5.73 Å². The molecule has 1 aliphatic rings. The van der Waals surface area contributed by atoms with Gasteiger partial charge in [0.1, 0.15) is 17.6 Å². The highest BCUT2D eigenvalue weighted by Crippen LogP contribution is 2.38. The highest BCUT2D eigenvalue weighted by Gasteiger charge is 2.53. The van der Waals surface area contributed by atoms with E-state index in [2.05, 4.69) is 20.6 Å². The van der Waals surface area contributed by atoms with Gasteiger partial charge in [0, 0.05) is 18.5 Å². The highest BCUT2D eigenvalue weighted by atomic mass is 19.3. The molecule has 3 rings (SSSR count). The Kier molecular flexibility index (Phi) is 6.05. The van der Waals surface area contributed by atoms with E-state index in [1.165, 1.54) is 6.20 Å². The van der Waals surface area contributed by atoms with Crippen molar-refractivity contribution in [3.63, 3.8) is 0 Å². The minimum Gasteiger partial charge on any atom is -0.365 e. The van der Waals surface area contributed by atoms with E-state index in [-0.39, 0.29) is 22.3 Å². The summed E-state index contributed by atoms with van der Waals surface area (Å²) in [5.74, 6) is -2.89. The fourth-order valence-corrected chi connectivity index (χ4v) is 4.18. The summed E-state index contributed by atoms with van der Waals surface area (Å²) < 4.78 is 29.2. The molecule has 1 saturated carbocycles. The van der Waals surface area contributed by atoms with Gasteiger partial charge in [0.15, 0.2) is 5.82 Å². The number of aryl methyl sites for hydroxylation is 1. The first-order valence-corrected chi connectivity index (χ1v) is 9.96. The number of halogens is 2. The number of hydrogen-bond acceptors (Lipinski definition) is 5. The van der Waals surface area contributed by atoms with Gasteiger partial charge >= 0.3 is 5.95 Å². The van der Waals surface area contributed by atoms with Crippen LogP contribution in [0.2, 0.25) is 0 Å². The van der Waals surface area contributed by atoms with Gasteiger partial charge in [0.2, 0.25) is 0 Å². The number of aromatic nitrogens is 2. The molecule has 2 atom stereocenters. The number of nitrogens with one attached hydrogen (secondary N) is 2. The molecule has 1 heterocycles. The van der Waals surface area contributed by atoms with Gasteiger partial charge in [-0.25, -0.2) is 8.78 Å². The molecule has 0 saturated heterocycles. The lowest BCUT2D eigenvalue weighted by Crippen LogP contribution is -2.66. The summed E-state index contributed by atoms with van der Waals surface area (Å²) in [5, 5.41) is 5.93. The fourth-order valence-electron chi connectivity index (χ4n) is 4.18. The van der Waals surface area contributed by atoms with Gasteiger partial charge < -0.3 is 16.4 Å². The number of hydrogen-bond donors (Lipinski definition) is 3. The lowest BCUT2D eigenvalue weighted by atomic mass is 9.85. The lowest BCUT2D eigenvalue weighted by Gasteiger charge is -2.45. The number of anilines is 2. The van der Waals surface area contributed by atoms with Crippen LogP contribution >= 0.6 is 0 Å². The minimum atomic E-state index is -2.82. The van der Waals surface area contributed by atoms with Gasteiger partial charge in [-0.3, -0.25) is 9.28 Å². The third kappa shape index (κ3) is 4.27. The van der Waals surface area contributed by atoms with E-state index in [1.807, 2.05) is 45.3 Å². The van der Waals surface area contributed by atoms with Crippen LogP contribution in [0.15, 0.2) is 30.5 Å². The lowest BCUT2D eigenvalue weighted by molar-refractivity contribution is -0.0863. The largest absolute Gasteiger partial charge is 0.365 e. The third-order valence-corrected chi connectivity index (χ3v) is 5.83. The normalized spacial score (nSPS) is 21.3. The molecule has 7 nitrogen and oxygen atoms in total. The van der Waals surface area contributed by atoms with E-state index in [9.17, 15) is 13.6 Å². The second-order valence-corrected chi connectivity index (χ2v) is 8.32. The summed E-state index contributed by atoms with van der Waals surface area (Å²) >= 11 is 0. The van der Waals surface area contributed by atoms with E-state index in [0.29, 0.717) is 18.8 Å². The number of nitrogens with two attached hydrogens (primary N) is 1. The number of alkyl halides is 2. The van der Waals surface area contributed by atoms with Crippen molar-refractivity contribution < 1.29 is 13.6 Å². The molecule has 0 radical (unpaired) electrons. The second kappa shape index (κ2) is 8.23. The molecular formula is C21H29F2N6O+. The molecule has 1 aromatic heterocycles. The maximum Gasteiger partial charge on any atom is 0.330 e. The predicted octanol–water partition coefficient (Wildman–Crippen LogP) is 2.97. The van der Waals surface area contributed by atoms with Gasteiger partial charge in [-0.05, 0) is 38.1 Å². The number of primary amides is 1. The van der Waals surface area contributed by atoms with Crippen LogP contribution in [0.25, 0.3) is 0 Å². The number of carbonyl (C=O) groups is 1. The van der Waals surface area contributed by atoms with Crippen molar-refractivity contribution in [2.75, 3.05) is 26.5 Å². The Morgan fingerprint density at radius 2 is 2.07 bits per heavy atom. The fraction of sp³-hybridized carbons (Fsp3) is 0.476. The van der Waals surface area contributed by atoms with Gasteiger partial charge in [-0.2, -0.15) is 9.97 Å². The van der Waals surface area contributed by atoms with Crippen molar-refractivity contribution in [1.29, 1.82) is 0 Å². The maximum atomic E-state index is 14.6. The van der Waals surface area contributed by atoms with Crippen LogP contribution in [0.3, 0.4) is 0 Å². The molecular weight excluding hydrogens is 390 g/mol. The van der Waals surface area contributed by atoms with Crippen molar-refractivity contribution in [3.05, 3.63) is 41.6 Å². The molecule has 2 aromatic rings. The van der Waals surface area contributed by atoms with Crippen LogP contribution in [0, 0.1) is 6.92 Å². The number of quaternary nitrogens is 1. The van der Waals surface area contributed by atoms with Crippen molar-refractivity contribution in [3.8, 4) is 0 Å². The molecule has 0 spiro atoms. The summed E-state index contributed by atoms with van der Waals surface area (Å²) in [4.78, 5) is 20.8. The molecule has 1 aliphatic carbocycles. The molecule has 1 aromatic carbocycles. The Hall–Kier alpha value is -2.65. The second-order valence-electron chi connectivity index (χ2n) is 8.32. The van der Waals surface area contributed by atoms with Crippen LogP contribution < -0.4 is 20.9 Å². The predicted molar refractivity (Wildman–Crippen MR) is 114 cm³/mol. The van der Waals surface area contributed by atoms with Gasteiger partial charge in [0.25, 0.3) is 11.8 Å². The van der Waals surface area contributed by atoms with Crippen molar-refractivity contribution in [2.24, 2.45) is 5.73 Å². The first-order valence-electron chi connectivity index (χ1n) is 9.96. The minimum absolute atomic E-state index is 0.0443. The summed E-state index contributed by atoms with van der Waals surface area (Å²) in [5.41, 5.74) is 7.42. The zero-order valence-corrected chi connectivity index (χ0v) is 17.7. The Balaban J connectivity index is 2.01. The van der Waals surface area contributed by atoms with Crippen LogP contribution in [-0.4, -0.2) is 55.0 Å². The zero-order chi connectivity index (χ0) is 22.1. The van der Waals surface area contributed by atoms with Crippen LogP contribution in [-0.2, 0) is 0 Å². The van der Waals surface area contributed by atoms with E-state index in [1.54, 1.807) is 7.05 Å². The van der Waals surface area contributed by atoms with Crippen molar-refractivity contribution >= 4 is 23.4 Å². The zero-order valence-electron chi connectivity index (χ0n) is 17.7. The SMILES string of the molecule is CNC1C([N+](C)(C)c2ncc(C(N)=O)c(Nc3cccc(C)c3)n2)CCCC1(F)F. The number of benzene rings is 1. The first kappa shape index (κ1) is 22.0. The number of likely N-dealkylation sites (N-methyl/N-ethyl adjacent to an activating group) is 2. The molecule has 1 fully saturated rings. The topological polar surface area (TPSA) is 92.9 Å². The quantitative estimate of drug-likeness (QED) is 0.626. The summed E-state index contributed by atoms with van der Waals surface area (Å²) in [7, 11) is 5.18. The average molecular weight is 420 g/mol. The van der Waals surface area contributed by atoms with Gasteiger partial charge in [0.05, 0.1) is 20.3 Å². The molecule has 162 valence electrons. The van der Waals surface area contributed by atoms with Crippen LogP contribution in [0.4, 0.5) is 26.2 Å². The Bertz CT molecular complexity index is 933. The average Bonchev–Trinajstić information content (AvgIpc) is 2.66.